The Bertz CT molecular complexity index is 1010. The molecule has 0 aliphatic carbocycles. The van der Waals surface area contributed by atoms with E-state index < -0.39 is 24.3 Å². The number of hydrogen-bond acceptors (Lipinski definition) is 6. The van der Waals surface area contributed by atoms with Gasteiger partial charge in [0.15, 0.2) is 11.5 Å². The number of carboxylic acids is 1. The van der Waals surface area contributed by atoms with Gasteiger partial charge in [0.1, 0.15) is 0 Å². The topological polar surface area (TPSA) is 96.0 Å². The molecule has 0 spiro atoms. The number of carbonyl (C=O) groups is 3. The molecule has 0 radical (unpaired) electrons. The minimum absolute atomic E-state index is 0.216. The lowest BCUT2D eigenvalue weighted by Gasteiger charge is -2.28. The van der Waals surface area contributed by atoms with E-state index in [0.29, 0.717) is 34.1 Å². The molecule has 1 aliphatic heterocycles. The molecule has 3 rings (SSSR count). The van der Waals surface area contributed by atoms with Gasteiger partial charge < -0.3 is 19.4 Å². The quantitative estimate of drug-likeness (QED) is 0.377. The minimum Gasteiger partial charge on any atom is -0.548 e. The molecular weight excluding hydrogens is 386 g/mol. The van der Waals surface area contributed by atoms with Gasteiger partial charge in [0.05, 0.1) is 26.2 Å². The first kappa shape index (κ1) is 21.1. The average Bonchev–Trinajstić information content (AvgIpc) is 2.75. The number of fused-ring (bicyclic) bond motifs is 1. The van der Waals surface area contributed by atoms with Crippen LogP contribution in [0.2, 0.25) is 0 Å². The van der Waals surface area contributed by atoms with Gasteiger partial charge in [-0.05, 0) is 41.8 Å². The zero-order valence-corrected chi connectivity index (χ0v) is 16.8. The summed E-state index contributed by atoms with van der Waals surface area (Å²) in [6.45, 7) is 1.83. The molecule has 0 bridgehead atoms. The van der Waals surface area contributed by atoms with E-state index in [1.165, 1.54) is 7.11 Å². The molecule has 0 saturated carbocycles. The first-order valence-corrected chi connectivity index (χ1v) is 9.64. The van der Waals surface area contributed by atoms with Gasteiger partial charge in [0, 0.05) is 11.1 Å². The number of methoxy groups -OCH3 is 1. The first-order valence-electron chi connectivity index (χ1n) is 9.64. The standard InChI is InChI=1S/C23H23NO6/c1-3-4-11-30-19-10-9-15(13-20(19)29-2)12-18-16-7-5-6-8-17(16)22(27)24(23(18)28)14-21(25)26/h5-10,12-13H,3-4,11,14H2,1-2H3,(H,25,26)/p-1/b18-12-. The Morgan fingerprint density at radius 3 is 2.47 bits per heavy atom. The minimum atomic E-state index is -1.51. The van der Waals surface area contributed by atoms with Crippen molar-refractivity contribution in [2.24, 2.45) is 0 Å². The van der Waals surface area contributed by atoms with Crippen LogP contribution in [0, 0.1) is 0 Å². The lowest BCUT2D eigenvalue weighted by Crippen LogP contribution is -2.47. The maximum Gasteiger partial charge on any atom is 0.261 e. The summed E-state index contributed by atoms with van der Waals surface area (Å²) in [5.41, 5.74) is 1.57. The lowest BCUT2D eigenvalue weighted by molar-refractivity contribution is -0.305. The summed E-state index contributed by atoms with van der Waals surface area (Å²) in [4.78, 5) is 37.2. The fourth-order valence-electron chi connectivity index (χ4n) is 3.20. The van der Waals surface area contributed by atoms with E-state index in [0.717, 1.165) is 12.8 Å². The zero-order valence-electron chi connectivity index (χ0n) is 16.8. The van der Waals surface area contributed by atoms with Crippen molar-refractivity contribution in [3.63, 3.8) is 0 Å². The highest BCUT2D eigenvalue weighted by atomic mass is 16.5. The number of imide groups is 1. The predicted molar refractivity (Wildman–Crippen MR) is 109 cm³/mol. The first-order chi connectivity index (χ1) is 14.5. The second kappa shape index (κ2) is 9.26. The third-order valence-corrected chi connectivity index (χ3v) is 4.71. The van der Waals surface area contributed by atoms with Gasteiger partial charge >= 0.3 is 0 Å². The molecule has 0 fully saturated rings. The molecule has 2 aromatic rings. The Morgan fingerprint density at radius 2 is 1.80 bits per heavy atom. The van der Waals surface area contributed by atoms with Crippen LogP contribution in [-0.2, 0) is 9.59 Å². The van der Waals surface area contributed by atoms with E-state index in [1.54, 1.807) is 48.5 Å². The summed E-state index contributed by atoms with van der Waals surface area (Å²) in [5.74, 6) is -1.75. The molecule has 0 unspecified atom stereocenters. The molecule has 1 aliphatic rings. The Hall–Kier alpha value is -3.61. The van der Waals surface area contributed by atoms with Crippen LogP contribution < -0.4 is 14.6 Å². The molecule has 0 atom stereocenters. The van der Waals surface area contributed by atoms with E-state index in [2.05, 4.69) is 6.92 Å². The number of amides is 2. The van der Waals surface area contributed by atoms with Crippen molar-refractivity contribution < 1.29 is 29.0 Å². The number of benzene rings is 2. The summed E-state index contributed by atoms with van der Waals surface area (Å²) in [5, 5.41) is 11.1. The molecule has 156 valence electrons. The van der Waals surface area contributed by atoms with Crippen molar-refractivity contribution in [1.29, 1.82) is 0 Å². The molecule has 30 heavy (non-hydrogen) atoms. The number of rotatable bonds is 8. The second-order valence-electron chi connectivity index (χ2n) is 6.78. The Kier molecular flexibility index (Phi) is 6.51. The van der Waals surface area contributed by atoms with Gasteiger partial charge in [-0.3, -0.25) is 14.5 Å². The fourth-order valence-corrected chi connectivity index (χ4v) is 3.20. The van der Waals surface area contributed by atoms with Crippen LogP contribution in [0.5, 0.6) is 11.5 Å². The van der Waals surface area contributed by atoms with Crippen LogP contribution in [0.4, 0.5) is 0 Å². The van der Waals surface area contributed by atoms with E-state index in [-0.39, 0.29) is 11.1 Å². The van der Waals surface area contributed by atoms with Crippen molar-refractivity contribution in [3.8, 4) is 11.5 Å². The number of hydrogen-bond donors (Lipinski definition) is 0. The highest BCUT2D eigenvalue weighted by Gasteiger charge is 2.34. The number of aliphatic carboxylic acids is 1. The molecule has 0 aromatic heterocycles. The summed E-state index contributed by atoms with van der Waals surface area (Å²) in [6, 6.07) is 11.8. The fraction of sp³-hybridized carbons (Fsp3) is 0.261. The normalized spacial score (nSPS) is 14.6. The zero-order chi connectivity index (χ0) is 21.7. The summed E-state index contributed by atoms with van der Waals surface area (Å²) in [7, 11) is 1.53. The Morgan fingerprint density at radius 1 is 1.07 bits per heavy atom. The number of carboxylic acid groups (broad SMARTS) is 1. The van der Waals surface area contributed by atoms with Gasteiger partial charge in [0.2, 0.25) is 0 Å². The maximum absolute atomic E-state index is 12.9. The number of unbranched alkanes of at least 4 members (excludes halogenated alkanes) is 1. The smallest absolute Gasteiger partial charge is 0.261 e. The Balaban J connectivity index is 2.02. The molecule has 7 nitrogen and oxygen atoms in total. The van der Waals surface area contributed by atoms with Gasteiger partial charge in [0.25, 0.3) is 11.8 Å². The molecular formula is C23H22NO6-. The van der Waals surface area contributed by atoms with Gasteiger partial charge in [-0.1, -0.05) is 37.6 Å². The highest BCUT2D eigenvalue weighted by molar-refractivity contribution is 6.34. The molecule has 1 heterocycles. The third-order valence-electron chi connectivity index (χ3n) is 4.71. The van der Waals surface area contributed by atoms with Crippen LogP contribution in [0.25, 0.3) is 11.6 Å². The second-order valence-corrected chi connectivity index (χ2v) is 6.78. The SMILES string of the molecule is CCCCOc1ccc(/C=C2\C(=O)N(CC(=O)[O-])C(=O)c3ccccc32)cc1OC. The summed E-state index contributed by atoms with van der Waals surface area (Å²) >= 11 is 0. The van der Waals surface area contributed by atoms with Crippen LogP contribution >= 0.6 is 0 Å². The van der Waals surface area contributed by atoms with Gasteiger partial charge in [-0.2, -0.15) is 0 Å². The van der Waals surface area contributed by atoms with Crippen LogP contribution in [0.1, 0.15) is 41.3 Å². The lowest BCUT2D eigenvalue weighted by atomic mass is 9.92. The van der Waals surface area contributed by atoms with Gasteiger partial charge in [-0.15, -0.1) is 0 Å². The molecule has 0 N–H and O–H groups in total. The van der Waals surface area contributed by atoms with E-state index in [9.17, 15) is 19.5 Å². The number of nitrogens with zero attached hydrogens (tertiary/aromatic N) is 1. The molecule has 0 saturated heterocycles. The van der Waals surface area contributed by atoms with Crippen molar-refractivity contribution in [2.75, 3.05) is 20.3 Å². The molecule has 2 amide bonds. The van der Waals surface area contributed by atoms with E-state index in [4.69, 9.17) is 9.47 Å². The Labute approximate surface area is 174 Å². The van der Waals surface area contributed by atoms with E-state index >= 15 is 0 Å². The van der Waals surface area contributed by atoms with Crippen molar-refractivity contribution >= 4 is 29.4 Å². The third kappa shape index (κ3) is 4.35. The van der Waals surface area contributed by atoms with Gasteiger partial charge in [-0.25, -0.2) is 0 Å². The van der Waals surface area contributed by atoms with Crippen molar-refractivity contribution in [1.82, 2.24) is 4.90 Å². The largest absolute Gasteiger partial charge is 0.548 e. The molecule has 2 aromatic carbocycles. The van der Waals surface area contributed by atoms with Crippen LogP contribution in [0.3, 0.4) is 0 Å². The highest BCUT2D eigenvalue weighted by Crippen LogP contribution is 2.33. The van der Waals surface area contributed by atoms with Crippen LogP contribution in [0.15, 0.2) is 42.5 Å². The van der Waals surface area contributed by atoms with Crippen molar-refractivity contribution in [3.05, 3.63) is 59.2 Å². The summed E-state index contributed by atoms with van der Waals surface area (Å²) in [6.07, 6.45) is 3.53. The van der Waals surface area contributed by atoms with Crippen LogP contribution in [-0.4, -0.2) is 42.9 Å². The van der Waals surface area contributed by atoms with Crippen molar-refractivity contribution in [2.45, 2.75) is 19.8 Å². The average molecular weight is 408 g/mol. The monoisotopic (exact) mass is 408 g/mol. The number of carbonyl (C=O) groups excluding carboxylic acids is 3. The van der Waals surface area contributed by atoms with E-state index in [1.807, 2.05) is 0 Å². The summed E-state index contributed by atoms with van der Waals surface area (Å²) < 4.78 is 11.1. The molecule has 7 heteroatoms. The maximum atomic E-state index is 12.9. The predicted octanol–water partition coefficient (Wildman–Crippen LogP) is 2.15. The number of ether oxygens (including phenoxy) is 2.